The number of hydrogen-bond acceptors (Lipinski definition) is 3. The zero-order valence-corrected chi connectivity index (χ0v) is 12.8. The molecule has 1 amide bonds. The number of carbonyl (C=O) groups is 1. The summed E-state index contributed by atoms with van der Waals surface area (Å²) in [6.45, 7) is 6.14. The highest BCUT2D eigenvalue weighted by Crippen LogP contribution is 2.19. The van der Waals surface area contributed by atoms with Crippen molar-refractivity contribution in [1.82, 2.24) is 0 Å². The van der Waals surface area contributed by atoms with Crippen LogP contribution in [0.5, 0.6) is 11.5 Å². The van der Waals surface area contributed by atoms with E-state index in [1.807, 2.05) is 25.1 Å². The van der Waals surface area contributed by atoms with E-state index in [1.54, 1.807) is 37.4 Å². The molecule has 0 saturated heterocycles. The Morgan fingerprint density at radius 1 is 1.14 bits per heavy atom. The molecule has 4 heteroatoms. The van der Waals surface area contributed by atoms with Gasteiger partial charge in [-0.2, -0.15) is 0 Å². The van der Waals surface area contributed by atoms with E-state index in [0.29, 0.717) is 29.4 Å². The van der Waals surface area contributed by atoms with Crippen LogP contribution < -0.4 is 14.8 Å². The van der Waals surface area contributed by atoms with Crippen LogP contribution in [0.2, 0.25) is 0 Å². The van der Waals surface area contributed by atoms with Crippen LogP contribution in [0.3, 0.4) is 0 Å². The first-order valence-corrected chi connectivity index (χ1v) is 6.91. The zero-order valence-electron chi connectivity index (χ0n) is 12.8. The number of amides is 1. The van der Waals surface area contributed by atoms with Crippen molar-refractivity contribution in [3.8, 4) is 11.5 Å². The fraction of sp³-hybridized carbons (Fsp3) is 0.167. The summed E-state index contributed by atoms with van der Waals surface area (Å²) < 4.78 is 10.6. The third-order valence-corrected chi connectivity index (χ3v) is 2.93. The predicted octanol–water partition coefficient (Wildman–Crippen LogP) is 3.90. The Morgan fingerprint density at radius 3 is 2.50 bits per heavy atom. The van der Waals surface area contributed by atoms with Gasteiger partial charge in [-0.05, 0) is 48.9 Å². The summed E-state index contributed by atoms with van der Waals surface area (Å²) in [5, 5.41) is 2.84. The van der Waals surface area contributed by atoms with E-state index in [-0.39, 0.29) is 5.91 Å². The second-order valence-electron chi connectivity index (χ2n) is 4.96. The summed E-state index contributed by atoms with van der Waals surface area (Å²) in [4.78, 5) is 12.2. The van der Waals surface area contributed by atoms with Gasteiger partial charge in [-0.3, -0.25) is 4.79 Å². The maximum absolute atomic E-state index is 12.2. The SMILES string of the molecule is C=C(C)COc1cccc(NC(=O)c2ccc(OC)cc2)c1. The highest BCUT2D eigenvalue weighted by molar-refractivity contribution is 6.04. The number of methoxy groups -OCH3 is 1. The average Bonchev–Trinajstić information content (AvgIpc) is 2.53. The minimum atomic E-state index is -0.181. The fourth-order valence-corrected chi connectivity index (χ4v) is 1.82. The van der Waals surface area contributed by atoms with Gasteiger partial charge in [0, 0.05) is 17.3 Å². The highest BCUT2D eigenvalue weighted by atomic mass is 16.5. The van der Waals surface area contributed by atoms with E-state index in [9.17, 15) is 4.79 Å². The molecule has 0 aromatic heterocycles. The van der Waals surface area contributed by atoms with Crippen LogP contribution in [0.4, 0.5) is 5.69 Å². The fourth-order valence-electron chi connectivity index (χ4n) is 1.82. The van der Waals surface area contributed by atoms with E-state index < -0.39 is 0 Å². The molecule has 0 unspecified atom stereocenters. The number of carbonyl (C=O) groups excluding carboxylic acids is 1. The van der Waals surface area contributed by atoms with Gasteiger partial charge in [0.25, 0.3) is 5.91 Å². The third kappa shape index (κ3) is 4.38. The number of rotatable bonds is 6. The molecule has 2 aromatic rings. The first-order chi connectivity index (χ1) is 10.6. The lowest BCUT2D eigenvalue weighted by molar-refractivity contribution is 0.102. The van der Waals surface area contributed by atoms with E-state index >= 15 is 0 Å². The second kappa shape index (κ2) is 7.31. The van der Waals surface area contributed by atoms with Crippen molar-refractivity contribution in [1.29, 1.82) is 0 Å². The summed E-state index contributed by atoms with van der Waals surface area (Å²) in [6, 6.07) is 14.2. The summed E-state index contributed by atoms with van der Waals surface area (Å²) >= 11 is 0. The normalized spacial score (nSPS) is 9.91. The van der Waals surface area contributed by atoms with Gasteiger partial charge in [-0.25, -0.2) is 0 Å². The standard InChI is InChI=1S/C18H19NO3/c1-13(2)12-22-17-6-4-5-15(11-17)19-18(20)14-7-9-16(21-3)10-8-14/h4-11H,1,12H2,2-3H3,(H,19,20). The lowest BCUT2D eigenvalue weighted by atomic mass is 10.2. The number of anilines is 1. The molecule has 2 aromatic carbocycles. The van der Waals surface area contributed by atoms with E-state index in [0.717, 1.165) is 5.57 Å². The molecule has 0 fully saturated rings. The van der Waals surface area contributed by atoms with Crippen molar-refractivity contribution >= 4 is 11.6 Å². The van der Waals surface area contributed by atoms with Crippen molar-refractivity contribution in [3.63, 3.8) is 0 Å². The highest BCUT2D eigenvalue weighted by Gasteiger charge is 2.07. The Bertz CT molecular complexity index is 662. The molecule has 114 valence electrons. The average molecular weight is 297 g/mol. The van der Waals surface area contributed by atoms with E-state index in [2.05, 4.69) is 11.9 Å². The lowest BCUT2D eigenvalue weighted by Gasteiger charge is -2.09. The maximum atomic E-state index is 12.2. The first-order valence-electron chi connectivity index (χ1n) is 6.91. The van der Waals surface area contributed by atoms with Crippen LogP contribution in [-0.4, -0.2) is 19.6 Å². The summed E-state index contributed by atoms with van der Waals surface area (Å²) in [7, 11) is 1.59. The van der Waals surface area contributed by atoms with Crippen LogP contribution in [0, 0.1) is 0 Å². The molecule has 0 aliphatic carbocycles. The predicted molar refractivity (Wildman–Crippen MR) is 87.7 cm³/mol. The van der Waals surface area contributed by atoms with Gasteiger partial charge in [0.15, 0.2) is 0 Å². The van der Waals surface area contributed by atoms with Crippen LogP contribution in [0.25, 0.3) is 0 Å². The molecule has 0 spiro atoms. The molecule has 0 saturated carbocycles. The molecular weight excluding hydrogens is 278 g/mol. The summed E-state index contributed by atoms with van der Waals surface area (Å²) in [5.41, 5.74) is 2.18. The number of nitrogens with one attached hydrogen (secondary N) is 1. The van der Waals surface area contributed by atoms with Gasteiger partial charge in [0.05, 0.1) is 7.11 Å². The van der Waals surface area contributed by atoms with Crippen molar-refractivity contribution in [2.24, 2.45) is 0 Å². The van der Waals surface area contributed by atoms with E-state index in [1.165, 1.54) is 0 Å². The lowest BCUT2D eigenvalue weighted by Crippen LogP contribution is -2.11. The Hall–Kier alpha value is -2.75. The summed E-state index contributed by atoms with van der Waals surface area (Å²) in [5.74, 6) is 1.22. The van der Waals surface area contributed by atoms with Gasteiger partial charge >= 0.3 is 0 Å². The van der Waals surface area contributed by atoms with Crippen molar-refractivity contribution in [2.75, 3.05) is 19.0 Å². The Balaban J connectivity index is 2.04. The molecule has 22 heavy (non-hydrogen) atoms. The molecular formula is C18H19NO3. The molecule has 0 aliphatic rings. The number of benzene rings is 2. The van der Waals surface area contributed by atoms with E-state index in [4.69, 9.17) is 9.47 Å². The Morgan fingerprint density at radius 2 is 1.86 bits per heavy atom. The van der Waals surface area contributed by atoms with Gasteiger partial charge < -0.3 is 14.8 Å². The molecule has 0 bridgehead atoms. The first kappa shape index (κ1) is 15.6. The monoisotopic (exact) mass is 297 g/mol. The van der Waals surface area contributed by atoms with Crippen molar-refractivity contribution < 1.29 is 14.3 Å². The smallest absolute Gasteiger partial charge is 0.255 e. The van der Waals surface area contributed by atoms with Crippen LogP contribution in [0.1, 0.15) is 17.3 Å². The molecule has 0 atom stereocenters. The van der Waals surface area contributed by atoms with Crippen molar-refractivity contribution in [3.05, 3.63) is 66.2 Å². The Labute approximate surface area is 130 Å². The third-order valence-electron chi connectivity index (χ3n) is 2.93. The minimum Gasteiger partial charge on any atom is -0.497 e. The van der Waals surface area contributed by atoms with Gasteiger partial charge in [0.1, 0.15) is 18.1 Å². The number of hydrogen-bond donors (Lipinski definition) is 1. The molecule has 0 heterocycles. The van der Waals surface area contributed by atoms with Crippen LogP contribution in [-0.2, 0) is 0 Å². The van der Waals surface area contributed by atoms with Crippen LogP contribution >= 0.6 is 0 Å². The quantitative estimate of drug-likeness (QED) is 0.823. The topological polar surface area (TPSA) is 47.6 Å². The Kier molecular flexibility index (Phi) is 5.20. The number of ether oxygens (including phenoxy) is 2. The maximum Gasteiger partial charge on any atom is 0.255 e. The van der Waals surface area contributed by atoms with Crippen LogP contribution in [0.15, 0.2) is 60.7 Å². The molecule has 2 rings (SSSR count). The van der Waals surface area contributed by atoms with Gasteiger partial charge in [0.2, 0.25) is 0 Å². The second-order valence-corrected chi connectivity index (χ2v) is 4.96. The molecule has 0 radical (unpaired) electrons. The van der Waals surface area contributed by atoms with Gasteiger partial charge in [-0.15, -0.1) is 0 Å². The van der Waals surface area contributed by atoms with Gasteiger partial charge in [-0.1, -0.05) is 12.6 Å². The zero-order chi connectivity index (χ0) is 15.9. The van der Waals surface area contributed by atoms with Crippen molar-refractivity contribution in [2.45, 2.75) is 6.92 Å². The minimum absolute atomic E-state index is 0.181. The largest absolute Gasteiger partial charge is 0.497 e. The molecule has 1 N–H and O–H groups in total. The summed E-state index contributed by atoms with van der Waals surface area (Å²) in [6.07, 6.45) is 0. The molecule has 0 aliphatic heterocycles. The molecule has 4 nitrogen and oxygen atoms in total.